The van der Waals surface area contributed by atoms with Gasteiger partial charge in [-0.05, 0) is 19.9 Å². The molecule has 1 aromatic carbocycles. The Kier molecular flexibility index (Phi) is 6.55. The van der Waals surface area contributed by atoms with Crippen LogP contribution in [0.25, 0.3) is 0 Å². The third kappa shape index (κ3) is 4.61. The van der Waals surface area contributed by atoms with Crippen molar-refractivity contribution in [1.29, 1.82) is 0 Å². The number of hydrogen-bond acceptors (Lipinski definition) is 4. The van der Waals surface area contributed by atoms with Gasteiger partial charge in [0.05, 0.1) is 16.2 Å². The number of amides is 1. The van der Waals surface area contributed by atoms with Crippen molar-refractivity contribution >= 4 is 23.1 Å². The predicted octanol–water partition coefficient (Wildman–Crippen LogP) is 3.98. The number of hydrogen-bond donors (Lipinski definition) is 1. The minimum Gasteiger partial charge on any atom is -0.322 e. The topological polar surface area (TPSA) is 89.3 Å². The molecular weight excluding hydrogens is 308 g/mol. The first-order chi connectivity index (χ1) is 11.3. The van der Waals surface area contributed by atoms with Crippen LogP contribution in [0.15, 0.2) is 66.8 Å². The maximum Gasteiger partial charge on any atom is 0.270 e. The van der Waals surface area contributed by atoms with Crippen molar-refractivity contribution in [1.82, 2.24) is 0 Å². The normalized spacial score (nSPS) is 11.2. The Bertz CT molecular complexity index is 773. The van der Waals surface area contributed by atoms with Crippen LogP contribution in [0.5, 0.6) is 0 Å². The average Bonchev–Trinajstić information content (AvgIpc) is 2.55. The molecule has 0 aliphatic heterocycles. The van der Waals surface area contributed by atoms with Gasteiger partial charge in [-0.3, -0.25) is 19.7 Å². The molecule has 0 fully saturated rings. The van der Waals surface area contributed by atoms with Gasteiger partial charge in [-0.25, -0.2) is 0 Å². The van der Waals surface area contributed by atoms with Crippen LogP contribution in [0.3, 0.4) is 0 Å². The third-order valence-electron chi connectivity index (χ3n) is 3.08. The maximum atomic E-state index is 12.7. The lowest BCUT2D eigenvalue weighted by atomic mass is 10.00. The number of allylic oxidation sites excluding steroid dienone is 5. The van der Waals surface area contributed by atoms with Gasteiger partial charge in [-0.1, -0.05) is 37.5 Å². The molecule has 6 nitrogen and oxygen atoms in total. The summed E-state index contributed by atoms with van der Waals surface area (Å²) in [6, 6.07) is 3.69. The van der Waals surface area contributed by atoms with E-state index in [0.29, 0.717) is 5.57 Å². The van der Waals surface area contributed by atoms with Gasteiger partial charge in [-0.2, -0.15) is 0 Å². The molecule has 0 aromatic heterocycles. The van der Waals surface area contributed by atoms with E-state index in [2.05, 4.69) is 18.5 Å². The van der Waals surface area contributed by atoms with Crippen molar-refractivity contribution in [2.45, 2.75) is 13.8 Å². The summed E-state index contributed by atoms with van der Waals surface area (Å²) >= 11 is 0. The Hall–Kier alpha value is -3.28. The summed E-state index contributed by atoms with van der Waals surface area (Å²) in [6.45, 7) is 10.2. The molecule has 1 rings (SSSR count). The second-order valence-corrected chi connectivity index (χ2v) is 4.89. The molecular formula is C18H18N2O4. The molecule has 0 radical (unpaired) electrons. The standard InChI is InChI=1S/C18H18N2O4/c1-5-7-8-13(6-2)17(21)15-11-14(20(23)24)9-10-16(15)19-18(22)12(3)4/h5-11H,1,3H2,2,4H3,(H,19,22)/b8-7-,13-6+. The highest BCUT2D eigenvalue weighted by Gasteiger charge is 2.19. The molecule has 0 spiro atoms. The van der Waals surface area contributed by atoms with Crippen molar-refractivity contribution in [2.24, 2.45) is 0 Å². The zero-order chi connectivity index (χ0) is 18.3. The molecule has 1 amide bonds. The van der Waals surface area contributed by atoms with Crippen molar-refractivity contribution in [3.63, 3.8) is 0 Å². The van der Waals surface area contributed by atoms with Gasteiger partial charge in [-0.15, -0.1) is 0 Å². The number of carbonyl (C=O) groups excluding carboxylic acids is 2. The van der Waals surface area contributed by atoms with Crippen LogP contribution in [0, 0.1) is 10.1 Å². The summed E-state index contributed by atoms with van der Waals surface area (Å²) in [5.41, 5.74) is 0.547. The lowest BCUT2D eigenvalue weighted by Crippen LogP contribution is -2.15. The summed E-state index contributed by atoms with van der Waals surface area (Å²) < 4.78 is 0. The highest BCUT2D eigenvalue weighted by Crippen LogP contribution is 2.25. The van der Waals surface area contributed by atoms with Gasteiger partial charge in [0.1, 0.15) is 0 Å². The van der Waals surface area contributed by atoms with Crippen LogP contribution in [0.1, 0.15) is 24.2 Å². The fourth-order valence-electron chi connectivity index (χ4n) is 1.80. The van der Waals surface area contributed by atoms with E-state index in [1.807, 2.05) is 0 Å². The molecule has 0 saturated heterocycles. The van der Waals surface area contributed by atoms with Crippen LogP contribution in [-0.2, 0) is 4.79 Å². The Morgan fingerprint density at radius 3 is 2.50 bits per heavy atom. The van der Waals surface area contributed by atoms with Crippen LogP contribution in [0.2, 0.25) is 0 Å². The highest BCUT2D eigenvalue weighted by atomic mass is 16.6. The molecule has 0 aliphatic rings. The zero-order valence-electron chi connectivity index (χ0n) is 13.5. The van der Waals surface area contributed by atoms with Crippen molar-refractivity contribution in [3.8, 4) is 0 Å². The van der Waals surface area contributed by atoms with Crippen LogP contribution < -0.4 is 5.32 Å². The molecule has 24 heavy (non-hydrogen) atoms. The molecule has 6 heteroatoms. The van der Waals surface area contributed by atoms with Gasteiger partial charge < -0.3 is 5.32 Å². The summed E-state index contributed by atoms with van der Waals surface area (Å²) in [5, 5.41) is 13.5. The molecule has 1 N–H and O–H groups in total. The monoisotopic (exact) mass is 326 g/mol. The molecule has 1 aromatic rings. The Morgan fingerprint density at radius 2 is 2.00 bits per heavy atom. The van der Waals surface area contributed by atoms with Gasteiger partial charge in [0.2, 0.25) is 0 Å². The molecule has 124 valence electrons. The number of Topliss-reactive ketones (excluding diaryl/α,β-unsaturated/α-hetero) is 1. The SMILES string of the molecule is C=C/C=C\C(=C/C)C(=O)c1cc([N+](=O)[O-])ccc1NC(=O)C(=C)C. The number of anilines is 1. The molecule has 0 atom stereocenters. The predicted molar refractivity (Wildman–Crippen MR) is 94.0 cm³/mol. The number of benzene rings is 1. The quantitative estimate of drug-likeness (QED) is 0.270. The minimum atomic E-state index is -0.601. The van der Waals surface area contributed by atoms with E-state index in [0.717, 1.165) is 6.07 Å². The zero-order valence-corrected chi connectivity index (χ0v) is 13.5. The van der Waals surface area contributed by atoms with Crippen molar-refractivity contribution < 1.29 is 14.5 Å². The molecule has 0 aliphatic carbocycles. The lowest BCUT2D eigenvalue weighted by Gasteiger charge is -2.11. The fourth-order valence-corrected chi connectivity index (χ4v) is 1.80. The molecule has 0 saturated carbocycles. The van der Waals surface area contributed by atoms with E-state index in [-0.39, 0.29) is 22.5 Å². The number of rotatable bonds is 7. The minimum absolute atomic E-state index is 0.0283. The largest absolute Gasteiger partial charge is 0.322 e. The number of ketones is 1. The summed E-state index contributed by atoms with van der Waals surface area (Å²) in [4.78, 5) is 34.9. The van der Waals surface area contributed by atoms with Gasteiger partial charge in [0.15, 0.2) is 5.78 Å². The first kappa shape index (κ1) is 18.8. The molecule has 0 bridgehead atoms. The van der Waals surface area contributed by atoms with Crippen LogP contribution in [-0.4, -0.2) is 16.6 Å². The number of nitrogens with zero attached hydrogens (tertiary/aromatic N) is 1. The number of carbonyl (C=O) groups is 2. The number of nitrogens with one attached hydrogen (secondary N) is 1. The van der Waals surface area contributed by atoms with E-state index in [1.54, 1.807) is 25.2 Å². The van der Waals surface area contributed by atoms with Crippen molar-refractivity contribution in [2.75, 3.05) is 5.32 Å². The first-order valence-corrected chi connectivity index (χ1v) is 7.07. The van der Waals surface area contributed by atoms with E-state index < -0.39 is 16.6 Å². The highest BCUT2D eigenvalue weighted by molar-refractivity contribution is 6.16. The second-order valence-electron chi connectivity index (χ2n) is 4.89. The summed E-state index contributed by atoms with van der Waals surface area (Å²) in [6.07, 6.45) is 6.20. The Labute approximate surface area is 140 Å². The number of nitro benzene ring substituents is 1. The average molecular weight is 326 g/mol. The smallest absolute Gasteiger partial charge is 0.270 e. The van der Waals surface area contributed by atoms with E-state index in [1.165, 1.54) is 25.1 Å². The van der Waals surface area contributed by atoms with Gasteiger partial charge >= 0.3 is 0 Å². The first-order valence-electron chi connectivity index (χ1n) is 7.07. The van der Waals surface area contributed by atoms with Crippen molar-refractivity contribution in [3.05, 3.63) is 82.5 Å². The summed E-state index contributed by atoms with van der Waals surface area (Å²) in [7, 11) is 0. The summed E-state index contributed by atoms with van der Waals surface area (Å²) in [5.74, 6) is -0.919. The fraction of sp³-hybridized carbons (Fsp3) is 0.111. The lowest BCUT2D eigenvalue weighted by molar-refractivity contribution is -0.384. The van der Waals surface area contributed by atoms with Gasteiger partial charge in [0.25, 0.3) is 11.6 Å². The van der Waals surface area contributed by atoms with Crippen LogP contribution in [0.4, 0.5) is 11.4 Å². The Balaban J connectivity index is 3.42. The Morgan fingerprint density at radius 1 is 1.33 bits per heavy atom. The molecule has 0 unspecified atom stereocenters. The van der Waals surface area contributed by atoms with E-state index >= 15 is 0 Å². The van der Waals surface area contributed by atoms with Gasteiger partial charge in [0, 0.05) is 23.3 Å². The van der Waals surface area contributed by atoms with E-state index in [4.69, 9.17) is 0 Å². The third-order valence-corrected chi connectivity index (χ3v) is 3.08. The number of non-ortho nitro benzene ring substituents is 1. The van der Waals surface area contributed by atoms with Crippen LogP contribution >= 0.6 is 0 Å². The molecule has 0 heterocycles. The number of nitro groups is 1. The van der Waals surface area contributed by atoms with E-state index in [9.17, 15) is 19.7 Å². The second kappa shape index (κ2) is 8.38. The maximum absolute atomic E-state index is 12.7.